The molecule has 0 amide bonds. The van der Waals surface area contributed by atoms with Gasteiger partial charge in [-0.15, -0.1) is 0 Å². The average molecular weight is 397 g/mol. The van der Waals surface area contributed by atoms with E-state index in [9.17, 15) is 0 Å². The largest absolute Gasteiger partial charge is 0.399 e. The zero-order valence-corrected chi connectivity index (χ0v) is 17.7. The normalized spacial score (nSPS) is 11.8. The summed E-state index contributed by atoms with van der Waals surface area (Å²) in [7, 11) is 1.53. The molecule has 0 spiro atoms. The van der Waals surface area contributed by atoms with Crippen LogP contribution in [0.3, 0.4) is 0 Å². The van der Waals surface area contributed by atoms with Crippen LogP contribution in [-0.4, -0.2) is 18.5 Å². The summed E-state index contributed by atoms with van der Waals surface area (Å²) < 4.78 is 0. The number of benzene rings is 2. The molecule has 0 unspecified atom stereocenters. The van der Waals surface area contributed by atoms with Crippen LogP contribution in [0.4, 0.5) is 0 Å². The predicted octanol–water partition coefficient (Wildman–Crippen LogP) is 5.78. The Kier molecular flexibility index (Phi) is 8.10. The van der Waals surface area contributed by atoms with Crippen molar-refractivity contribution in [2.75, 3.05) is 7.11 Å². The molecule has 0 saturated heterocycles. The predicted molar refractivity (Wildman–Crippen MR) is 116 cm³/mol. The van der Waals surface area contributed by atoms with Crippen molar-refractivity contribution >= 4 is 23.0 Å². The number of hydrogen-bond acceptors (Lipinski definition) is 4. The Labute approximate surface area is 172 Å². The number of halogens is 1. The summed E-state index contributed by atoms with van der Waals surface area (Å²) in [4.78, 5) is 10.4. The van der Waals surface area contributed by atoms with Gasteiger partial charge in [0, 0.05) is 21.7 Å². The highest BCUT2D eigenvalue weighted by molar-refractivity contribution is 6.30. The Hall–Kier alpha value is -2.77. The smallest absolute Gasteiger partial charge is 0.143 e. The average Bonchev–Trinajstić information content (AvgIpc) is 2.67. The maximum Gasteiger partial charge on any atom is 0.143 e. The minimum absolute atomic E-state index is 0.323. The number of nitrogens with zero attached hydrogens (tertiary/aromatic N) is 2. The lowest BCUT2D eigenvalue weighted by Gasteiger charge is -2.08. The fraction of sp³-hybridized carbons (Fsp3) is 0.304. The lowest BCUT2D eigenvalue weighted by atomic mass is 9.97. The molecule has 0 radical (unpaired) electrons. The summed E-state index contributed by atoms with van der Waals surface area (Å²) in [5, 5.41) is 8.82. The zero-order chi connectivity index (χ0) is 20.5. The molecule has 146 valence electrons. The van der Waals surface area contributed by atoms with E-state index in [0.29, 0.717) is 23.3 Å². The Morgan fingerprint density at radius 1 is 1.11 bits per heavy atom. The van der Waals surface area contributed by atoms with E-state index in [2.05, 4.69) is 36.0 Å². The molecule has 2 aromatic rings. The Bertz CT molecular complexity index is 937. The van der Waals surface area contributed by atoms with Crippen LogP contribution in [0.5, 0.6) is 0 Å². The van der Waals surface area contributed by atoms with Crippen molar-refractivity contribution in [3.63, 3.8) is 0 Å². The number of rotatable bonds is 6. The topological polar surface area (TPSA) is 43.2 Å². The molecule has 5 heteroatoms. The van der Waals surface area contributed by atoms with Crippen LogP contribution in [0.15, 0.2) is 52.8 Å². The molecule has 2 rings (SSSR count). The van der Waals surface area contributed by atoms with E-state index in [0.717, 1.165) is 28.0 Å². The van der Waals surface area contributed by atoms with Gasteiger partial charge >= 0.3 is 0 Å². The van der Waals surface area contributed by atoms with Gasteiger partial charge in [-0.1, -0.05) is 65.9 Å². The summed E-state index contributed by atoms with van der Waals surface area (Å²) >= 11 is 6.10. The molecule has 0 saturated carbocycles. The van der Waals surface area contributed by atoms with Gasteiger partial charge < -0.3 is 9.68 Å². The van der Waals surface area contributed by atoms with Gasteiger partial charge in [0.2, 0.25) is 0 Å². The third-order valence-electron chi connectivity index (χ3n) is 4.07. The van der Waals surface area contributed by atoms with E-state index in [-0.39, 0.29) is 0 Å². The molecule has 28 heavy (non-hydrogen) atoms. The maximum atomic E-state index is 6.10. The van der Waals surface area contributed by atoms with E-state index >= 15 is 0 Å². The van der Waals surface area contributed by atoms with Crippen molar-refractivity contribution in [2.45, 2.75) is 40.2 Å². The van der Waals surface area contributed by atoms with E-state index in [1.165, 1.54) is 7.11 Å². The SMILES string of the molecule is CO/N=C(/C)c1ccccc1CO/N=C(\C)C#Cc1ccc(Cl)cc1C(C)C. The van der Waals surface area contributed by atoms with Gasteiger partial charge in [-0.2, -0.15) is 0 Å². The third kappa shape index (κ3) is 6.14. The van der Waals surface area contributed by atoms with Crippen LogP contribution in [0.2, 0.25) is 5.02 Å². The first-order valence-electron chi connectivity index (χ1n) is 9.06. The lowest BCUT2D eigenvalue weighted by molar-refractivity contribution is 0.130. The second-order valence-corrected chi connectivity index (χ2v) is 7.04. The van der Waals surface area contributed by atoms with Gasteiger partial charge in [-0.05, 0) is 49.4 Å². The molecule has 0 heterocycles. The monoisotopic (exact) mass is 396 g/mol. The van der Waals surface area contributed by atoms with Gasteiger partial charge in [0.15, 0.2) is 0 Å². The van der Waals surface area contributed by atoms with Crippen LogP contribution < -0.4 is 0 Å². The second-order valence-electron chi connectivity index (χ2n) is 6.60. The molecule has 2 aromatic carbocycles. The van der Waals surface area contributed by atoms with Crippen molar-refractivity contribution < 1.29 is 9.68 Å². The minimum Gasteiger partial charge on any atom is -0.399 e. The molecule has 0 fully saturated rings. The summed E-state index contributed by atoms with van der Waals surface area (Å²) in [5.74, 6) is 6.55. The van der Waals surface area contributed by atoms with Gasteiger partial charge in [-0.25, -0.2) is 0 Å². The molecule has 0 bridgehead atoms. The van der Waals surface area contributed by atoms with Gasteiger partial charge in [0.05, 0.1) is 5.71 Å². The number of oxime groups is 2. The van der Waals surface area contributed by atoms with Crippen molar-refractivity contribution in [3.05, 3.63) is 69.7 Å². The summed E-state index contributed by atoms with van der Waals surface area (Å²) in [6.07, 6.45) is 0. The van der Waals surface area contributed by atoms with E-state index < -0.39 is 0 Å². The highest BCUT2D eigenvalue weighted by atomic mass is 35.5. The fourth-order valence-electron chi connectivity index (χ4n) is 2.69. The molecule has 0 N–H and O–H groups in total. The van der Waals surface area contributed by atoms with Crippen LogP contribution in [0.1, 0.15) is 55.9 Å². The first-order valence-corrected chi connectivity index (χ1v) is 9.44. The quantitative estimate of drug-likeness (QED) is 0.353. The first kappa shape index (κ1) is 21.5. The molecule has 0 aliphatic rings. The first-order chi connectivity index (χ1) is 13.4. The summed E-state index contributed by atoms with van der Waals surface area (Å²) in [5.41, 5.74) is 5.40. The second kappa shape index (κ2) is 10.5. The Balaban J connectivity index is 2.11. The van der Waals surface area contributed by atoms with Crippen molar-refractivity contribution in [1.82, 2.24) is 0 Å². The Morgan fingerprint density at radius 2 is 1.86 bits per heavy atom. The molecule has 0 aromatic heterocycles. The van der Waals surface area contributed by atoms with Gasteiger partial charge in [0.1, 0.15) is 19.4 Å². The van der Waals surface area contributed by atoms with Crippen molar-refractivity contribution in [2.24, 2.45) is 10.3 Å². The van der Waals surface area contributed by atoms with Crippen LogP contribution in [-0.2, 0) is 16.3 Å². The molecule has 0 aliphatic carbocycles. The summed E-state index contributed by atoms with van der Waals surface area (Å²) in [6, 6.07) is 13.6. The van der Waals surface area contributed by atoms with Crippen molar-refractivity contribution in [3.8, 4) is 11.8 Å². The van der Waals surface area contributed by atoms with E-state index in [1.807, 2.05) is 56.3 Å². The highest BCUT2D eigenvalue weighted by Crippen LogP contribution is 2.22. The van der Waals surface area contributed by atoms with E-state index in [1.54, 1.807) is 0 Å². The molecular formula is C23H25ClN2O2. The Morgan fingerprint density at radius 3 is 2.57 bits per heavy atom. The highest BCUT2D eigenvalue weighted by Gasteiger charge is 2.07. The lowest BCUT2D eigenvalue weighted by Crippen LogP contribution is -2.02. The molecule has 0 aliphatic heterocycles. The van der Waals surface area contributed by atoms with E-state index in [4.69, 9.17) is 21.3 Å². The zero-order valence-electron chi connectivity index (χ0n) is 16.9. The van der Waals surface area contributed by atoms with Gasteiger partial charge in [0.25, 0.3) is 0 Å². The van der Waals surface area contributed by atoms with Crippen LogP contribution in [0, 0.1) is 11.8 Å². The molecular weight excluding hydrogens is 372 g/mol. The minimum atomic E-state index is 0.323. The fourth-order valence-corrected chi connectivity index (χ4v) is 2.87. The maximum absolute atomic E-state index is 6.10. The third-order valence-corrected chi connectivity index (χ3v) is 4.31. The van der Waals surface area contributed by atoms with Gasteiger partial charge in [-0.3, -0.25) is 0 Å². The standard InChI is InChI=1S/C23H25ClN2O2/c1-16(2)23-14-21(24)13-12-19(23)11-10-17(3)25-28-15-20-8-6-7-9-22(20)18(4)26-27-5/h6-9,12-14,16H,15H2,1-5H3/b25-17+,26-18-. The summed E-state index contributed by atoms with van der Waals surface area (Å²) in [6.45, 7) is 8.27. The van der Waals surface area contributed by atoms with Crippen LogP contribution >= 0.6 is 11.6 Å². The van der Waals surface area contributed by atoms with Crippen molar-refractivity contribution in [1.29, 1.82) is 0 Å². The number of hydrogen-bond donors (Lipinski definition) is 0. The molecule has 0 atom stereocenters. The van der Waals surface area contributed by atoms with Crippen LogP contribution in [0.25, 0.3) is 0 Å². The molecule has 4 nitrogen and oxygen atoms in total.